The summed E-state index contributed by atoms with van der Waals surface area (Å²) in [6.45, 7) is 4.16. The van der Waals surface area contributed by atoms with Gasteiger partial charge in [0, 0.05) is 19.6 Å². The molecule has 0 aliphatic heterocycles. The van der Waals surface area contributed by atoms with Crippen LogP contribution in [0.1, 0.15) is 19.4 Å². The van der Waals surface area contributed by atoms with Crippen molar-refractivity contribution < 1.29 is 21.2 Å². The fourth-order valence-corrected chi connectivity index (χ4v) is 5.10. The van der Waals surface area contributed by atoms with Gasteiger partial charge in [-0.3, -0.25) is 0 Å². The molecule has 0 aliphatic carbocycles. The van der Waals surface area contributed by atoms with Gasteiger partial charge in [-0.2, -0.15) is 4.31 Å². The van der Waals surface area contributed by atoms with Crippen LogP contribution in [0.3, 0.4) is 0 Å². The molecule has 0 aliphatic rings. The number of hydrogen-bond acceptors (Lipinski definition) is 4. The van der Waals surface area contributed by atoms with Gasteiger partial charge < -0.3 is 0 Å². The minimum absolute atomic E-state index is 0.0305. The Morgan fingerprint density at radius 1 is 0.889 bits per heavy atom. The average Bonchev–Trinajstić information content (AvgIpc) is 2.64. The number of nitrogens with zero attached hydrogens (tertiary/aromatic N) is 1. The lowest BCUT2D eigenvalue weighted by Gasteiger charge is -2.18. The van der Waals surface area contributed by atoms with E-state index < -0.39 is 20.0 Å². The maximum atomic E-state index is 13.6. The van der Waals surface area contributed by atoms with Crippen molar-refractivity contribution in [2.45, 2.75) is 30.1 Å². The van der Waals surface area contributed by atoms with E-state index in [1.165, 1.54) is 34.6 Å². The second-order valence-corrected chi connectivity index (χ2v) is 9.50. The van der Waals surface area contributed by atoms with Crippen LogP contribution >= 0.6 is 0 Å². The molecule has 2 aromatic rings. The molecule has 0 heterocycles. The number of nitrogens with one attached hydrogen (secondary N) is 1. The van der Waals surface area contributed by atoms with Gasteiger partial charge in [-0.25, -0.2) is 25.9 Å². The summed E-state index contributed by atoms with van der Waals surface area (Å²) in [6, 6.07) is 11.2. The number of hydrogen-bond donors (Lipinski definition) is 1. The largest absolute Gasteiger partial charge is 0.243 e. The third kappa shape index (κ3) is 5.13. The van der Waals surface area contributed by atoms with Crippen LogP contribution in [-0.2, 0) is 26.5 Å². The van der Waals surface area contributed by atoms with Crippen LogP contribution in [0.5, 0.6) is 0 Å². The first-order valence-electron chi connectivity index (χ1n) is 8.55. The van der Waals surface area contributed by atoms with Gasteiger partial charge in [0.15, 0.2) is 0 Å². The lowest BCUT2D eigenvalue weighted by Crippen LogP contribution is -2.30. The molecule has 0 spiro atoms. The highest BCUT2D eigenvalue weighted by molar-refractivity contribution is 7.89. The van der Waals surface area contributed by atoms with Gasteiger partial charge >= 0.3 is 0 Å². The quantitative estimate of drug-likeness (QED) is 0.683. The van der Waals surface area contributed by atoms with E-state index in [1.54, 1.807) is 32.0 Å². The van der Waals surface area contributed by atoms with E-state index in [1.807, 2.05) is 0 Å². The fraction of sp³-hybridized carbons (Fsp3) is 0.333. The second-order valence-electron chi connectivity index (χ2n) is 5.80. The van der Waals surface area contributed by atoms with Crippen molar-refractivity contribution in [3.8, 4) is 0 Å². The summed E-state index contributed by atoms with van der Waals surface area (Å²) < 4.78 is 66.9. The number of halogens is 1. The highest BCUT2D eigenvalue weighted by atomic mass is 32.2. The Morgan fingerprint density at radius 3 is 2.00 bits per heavy atom. The first kappa shape index (κ1) is 21.5. The first-order chi connectivity index (χ1) is 12.7. The van der Waals surface area contributed by atoms with Crippen molar-refractivity contribution in [3.63, 3.8) is 0 Å². The smallest absolute Gasteiger partial charge is 0.211 e. The molecule has 0 amide bonds. The summed E-state index contributed by atoms with van der Waals surface area (Å²) in [6.07, 6.45) is 0.209. The average molecular weight is 415 g/mol. The SMILES string of the molecule is CCN(CC)S(=O)(=O)c1ccc(S(=O)(=O)NCCc2ccccc2F)cc1. The van der Waals surface area contributed by atoms with E-state index in [0.717, 1.165) is 0 Å². The molecule has 27 heavy (non-hydrogen) atoms. The number of sulfonamides is 2. The van der Waals surface area contributed by atoms with E-state index in [9.17, 15) is 21.2 Å². The fourth-order valence-electron chi connectivity index (χ4n) is 2.61. The zero-order valence-electron chi connectivity index (χ0n) is 15.2. The van der Waals surface area contributed by atoms with Crippen LogP contribution in [0.25, 0.3) is 0 Å². The molecule has 1 N–H and O–H groups in total. The molecular weight excluding hydrogens is 391 g/mol. The molecule has 2 rings (SSSR count). The zero-order valence-corrected chi connectivity index (χ0v) is 16.9. The first-order valence-corrected chi connectivity index (χ1v) is 11.5. The molecule has 0 saturated heterocycles. The van der Waals surface area contributed by atoms with Crippen LogP contribution in [0.4, 0.5) is 4.39 Å². The van der Waals surface area contributed by atoms with Gasteiger partial charge in [-0.15, -0.1) is 0 Å². The Labute approximate surface area is 160 Å². The molecule has 9 heteroatoms. The van der Waals surface area contributed by atoms with Crippen molar-refractivity contribution >= 4 is 20.0 Å². The van der Waals surface area contributed by atoms with E-state index in [-0.39, 0.29) is 28.6 Å². The molecule has 0 aromatic heterocycles. The predicted molar refractivity (Wildman–Crippen MR) is 102 cm³/mol. The minimum atomic E-state index is -3.82. The molecule has 0 atom stereocenters. The third-order valence-electron chi connectivity index (χ3n) is 4.12. The molecule has 0 saturated carbocycles. The van der Waals surface area contributed by atoms with E-state index >= 15 is 0 Å². The highest BCUT2D eigenvalue weighted by Crippen LogP contribution is 2.18. The summed E-state index contributed by atoms with van der Waals surface area (Å²) >= 11 is 0. The van der Waals surface area contributed by atoms with Crippen molar-refractivity contribution in [1.82, 2.24) is 9.03 Å². The molecule has 2 aromatic carbocycles. The Balaban J connectivity index is 2.10. The number of rotatable bonds is 9. The monoisotopic (exact) mass is 414 g/mol. The van der Waals surface area contributed by atoms with E-state index in [0.29, 0.717) is 18.7 Å². The third-order valence-corrected chi connectivity index (χ3v) is 7.66. The Bertz CT molecular complexity index is 971. The lowest BCUT2D eigenvalue weighted by molar-refractivity contribution is 0.445. The summed E-state index contributed by atoms with van der Waals surface area (Å²) in [5.74, 6) is -0.386. The van der Waals surface area contributed by atoms with Crippen LogP contribution in [0, 0.1) is 5.82 Å². The Kier molecular flexibility index (Phi) is 7.10. The standard InChI is InChI=1S/C18H23FN2O4S2/c1-3-21(4-2)27(24,25)17-11-9-16(10-12-17)26(22,23)20-14-13-15-7-5-6-8-18(15)19/h5-12,20H,3-4,13-14H2,1-2H3. The van der Waals surface area contributed by atoms with E-state index in [2.05, 4.69) is 4.72 Å². The lowest BCUT2D eigenvalue weighted by atomic mass is 10.1. The van der Waals surface area contributed by atoms with Gasteiger partial charge in [0.25, 0.3) is 0 Å². The van der Waals surface area contributed by atoms with Crippen LogP contribution in [-0.4, -0.2) is 40.8 Å². The summed E-state index contributed by atoms with van der Waals surface area (Å²) in [5, 5.41) is 0. The molecule has 0 radical (unpaired) electrons. The Hall–Kier alpha value is -1.81. The predicted octanol–water partition coefficient (Wildman–Crippen LogP) is 2.38. The summed E-state index contributed by atoms with van der Waals surface area (Å²) in [7, 11) is -7.46. The summed E-state index contributed by atoms with van der Waals surface area (Å²) in [4.78, 5) is -0.00830. The molecular formula is C18H23FN2O4S2. The van der Waals surface area contributed by atoms with Gasteiger partial charge in [0.1, 0.15) is 5.82 Å². The topological polar surface area (TPSA) is 83.6 Å². The van der Waals surface area contributed by atoms with Gasteiger partial charge in [-0.05, 0) is 42.3 Å². The maximum absolute atomic E-state index is 13.6. The van der Waals surface area contributed by atoms with Crippen LogP contribution in [0.15, 0.2) is 58.3 Å². The summed E-state index contributed by atoms with van der Waals surface area (Å²) in [5.41, 5.74) is 0.417. The second kappa shape index (κ2) is 8.92. The highest BCUT2D eigenvalue weighted by Gasteiger charge is 2.22. The van der Waals surface area contributed by atoms with Gasteiger partial charge in [0.05, 0.1) is 9.79 Å². The normalized spacial score (nSPS) is 12.4. The molecule has 0 bridgehead atoms. The van der Waals surface area contributed by atoms with Gasteiger partial charge in [-0.1, -0.05) is 32.0 Å². The van der Waals surface area contributed by atoms with Crippen LogP contribution < -0.4 is 4.72 Å². The zero-order chi connectivity index (χ0) is 20.1. The van der Waals surface area contributed by atoms with Gasteiger partial charge in [0.2, 0.25) is 20.0 Å². The maximum Gasteiger partial charge on any atom is 0.243 e. The van der Waals surface area contributed by atoms with Crippen molar-refractivity contribution in [2.24, 2.45) is 0 Å². The van der Waals surface area contributed by atoms with Crippen molar-refractivity contribution in [1.29, 1.82) is 0 Å². The minimum Gasteiger partial charge on any atom is -0.211 e. The molecule has 0 fully saturated rings. The molecule has 0 unspecified atom stereocenters. The molecule has 148 valence electrons. The number of benzene rings is 2. The Morgan fingerprint density at radius 2 is 1.44 bits per heavy atom. The molecule has 6 nitrogen and oxygen atoms in total. The van der Waals surface area contributed by atoms with Crippen molar-refractivity contribution in [3.05, 3.63) is 59.9 Å². The van der Waals surface area contributed by atoms with Crippen LogP contribution in [0.2, 0.25) is 0 Å². The van der Waals surface area contributed by atoms with Crippen molar-refractivity contribution in [2.75, 3.05) is 19.6 Å². The van der Waals surface area contributed by atoms with E-state index in [4.69, 9.17) is 0 Å².